The number of hydrogen-bond acceptors (Lipinski definition) is 5. The highest BCUT2D eigenvalue weighted by Gasteiger charge is 2.13. The van der Waals surface area contributed by atoms with Gasteiger partial charge in [0.2, 0.25) is 0 Å². The Balaban J connectivity index is 2.43. The van der Waals surface area contributed by atoms with Gasteiger partial charge in [0.05, 0.1) is 29.2 Å². The lowest BCUT2D eigenvalue weighted by Crippen LogP contribution is -2.20. The van der Waals surface area contributed by atoms with Crippen molar-refractivity contribution in [1.82, 2.24) is 5.32 Å². The number of benzene rings is 1. The van der Waals surface area contributed by atoms with Crippen LogP contribution in [0.5, 0.6) is 0 Å². The minimum Gasteiger partial charge on any atom is -0.394 e. The number of aliphatic hydroxyl groups excluding tert-OH is 1. The first-order valence-corrected chi connectivity index (χ1v) is 6.27. The predicted molar refractivity (Wildman–Crippen MR) is 70.4 cm³/mol. The van der Waals surface area contributed by atoms with Crippen molar-refractivity contribution in [3.8, 4) is 0 Å². The summed E-state index contributed by atoms with van der Waals surface area (Å²) in [4.78, 5) is 10.3. The summed E-state index contributed by atoms with van der Waals surface area (Å²) < 4.78 is 5.58. The molecular formula is C11H15BrN2O4. The molecule has 0 bridgehead atoms. The maximum Gasteiger partial charge on any atom is 0.283 e. The summed E-state index contributed by atoms with van der Waals surface area (Å²) in [5, 5.41) is 22.3. The van der Waals surface area contributed by atoms with Gasteiger partial charge in [0.25, 0.3) is 5.69 Å². The van der Waals surface area contributed by atoms with Gasteiger partial charge in [0.15, 0.2) is 0 Å². The Morgan fingerprint density at radius 1 is 1.44 bits per heavy atom. The Morgan fingerprint density at radius 2 is 2.22 bits per heavy atom. The monoisotopic (exact) mass is 318 g/mol. The van der Waals surface area contributed by atoms with E-state index < -0.39 is 4.92 Å². The van der Waals surface area contributed by atoms with Crippen LogP contribution in [0.2, 0.25) is 0 Å². The molecule has 0 heterocycles. The van der Waals surface area contributed by atoms with Gasteiger partial charge in [-0.05, 0) is 21.5 Å². The van der Waals surface area contributed by atoms with E-state index >= 15 is 0 Å². The second-order valence-electron chi connectivity index (χ2n) is 3.52. The summed E-state index contributed by atoms with van der Waals surface area (Å²) in [6.45, 7) is 1.96. The molecule has 100 valence electrons. The fraction of sp³-hybridized carbons (Fsp3) is 0.455. The molecule has 18 heavy (non-hydrogen) atoms. The Hall–Kier alpha value is -1.02. The topological polar surface area (TPSA) is 84.6 Å². The van der Waals surface area contributed by atoms with E-state index in [1.165, 1.54) is 6.07 Å². The Morgan fingerprint density at radius 3 is 2.89 bits per heavy atom. The summed E-state index contributed by atoms with van der Waals surface area (Å²) in [5.41, 5.74) is 0.886. The maximum absolute atomic E-state index is 10.7. The number of rotatable bonds is 8. The number of nitro groups is 1. The first-order valence-electron chi connectivity index (χ1n) is 5.48. The summed E-state index contributed by atoms with van der Waals surface area (Å²) in [6.07, 6.45) is 0. The highest BCUT2D eigenvalue weighted by atomic mass is 79.9. The van der Waals surface area contributed by atoms with Crippen LogP contribution in [-0.2, 0) is 11.3 Å². The SMILES string of the molecule is O=[N+]([O-])c1cccc(CNCCOCCO)c1Br. The van der Waals surface area contributed by atoms with Gasteiger partial charge in [-0.1, -0.05) is 12.1 Å². The van der Waals surface area contributed by atoms with Crippen molar-refractivity contribution in [2.75, 3.05) is 26.4 Å². The lowest BCUT2D eigenvalue weighted by atomic mass is 10.2. The average Bonchev–Trinajstić information content (AvgIpc) is 2.35. The second-order valence-corrected chi connectivity index (χ2v) is 4.31. The van der Waals surface area contributed by atoms with Crippen LogP contribution in [-0.4, -0.2) is 36.4 Å². The molecule has 2 N–H and O–H groups in total. The normalized spacial score (nSPS) is 10.6. The fourth-order valence-corrected chi connectivity index (χ4v) is 1.93. The third-order valence-corrected chi connectivity index (χ3v) is 3.14. The molecule has 0 aliphatic carbocycles. The second kappa shape index (κ2) is 8.15. The van der Waals surface area contributed by atoms with Crippen molar-refractivity contribution in [3.05, 3.63) is 38.3 Å². The van der Waals surface area contributed by atoms with Gasteiger partial charge in [-0.3, -0.25) is 10.1 Å². The van der Waals surface area contributed by atoms with E-state index in [-0.39, 0.29) is 12.3 Å². The van der Waals surface area contributed by atoms with E-state index in [4.69, 9.17) is 9.84 Å². The molecule has 0 fully saturated rings. The molecule has 0 aliphatic heterocycles. The quantitative estimate of drug-likeness (QED) is 0.430. The van der Waals surface area contributed by atoms with Crippen molar-refractivity contribution >= 4 is 21.6 Å². The highest BCUT2D eigenvalue weighted by Crippen LogP contribution is 2.27. The highest BCUT2D eigenvalue weighted by molar-refractivity contribution is 9.10. The molecule has 6 nitrogen and oxygen atoms in total. The van der Waals surface area contributed by atoms with Gasteiger partial charge in [0.1, 0.15) is 0 Å². The van der Waals surface area contributed by atoms with Gasteiger partial charge in [-0.2, -0.15) is 0 Å². The molecule has 1 rings (SSSR count). The van der Waals surface area contributed by atoms with Crippen LogP contribution in [0.25, 0.3) is 0 Å². The average molecular weight is 319 g/mol. The van der Waals surface area contributed by atoms with E-state index in [0.717, 1.165) is 5.56 Å². The number of halogens is 1. The van der Waals surface area contributed by atoms with E-state index in [1.807, 2.05) is 6.07 Å². The first-order chi connectivity index (χ1) is 8.66. The van der Waals surface area contributed by atoms with Crippen LogP contribution in [0.15, 0.2) is 22.7 Å². The van der Waals surface area contributed by atoms with Crippen LogP contribution >= 0.6 is 15.9 Å². The molecule has 0 saturated heterocycles. The number of nitrogens with one attached hydrogen (secondary N) is 1. The Kier molecular flexibility index (Phi) is 6.81. The van der Waals surface area contributed by atoms with Gasteiger partial charge < -0.3 is 15.2 Å². The van der Waals surface area contributed by atoms with Gasteiger partial charge in [-0.25, -0.2) is 0 Å². The minimum absolute atomic E-state index is 0.0103. The van der Waals surface area contributed by atoms with Crippen molar-refractivity contribution < 1.29 is 14.8 Å². The van der Waals surface area contributed by atoms with Crippen molar-refractivity contribution in [2.24, 2.45) is 0 Å². The zero-order valence-corrected chi connectivity index (χ0v) is 11.4. The van der Waals surface area contributed by atoms with Crippen molar-refractivity contribution in [3.63, 3.8) is 0 Å². The number of aliphatic hydroxyl groups is 1. The van der Waals surface area contributed by atoms with E-state index in [0.29, 0.717) is 30.8 Å². The van der Waals surface area contributed by atoms with Crippen LogP contribution in [0.1, 0.15) is 5.56 Å². The molecule has 0 amide bonds. The minimum atomic E-state index is -0.419. The molecule has 0 aromatic heterocycles. The fourth-order valence-electron chi connectivity index (χ4n) is 1.38. The summed E-state index contributed by atoms with van der Waals surface area (Å²) >= 11 is 3.23. The van der Waals surface area contributed by atoms with Gasteiger partial charge in [0, 0.05) is 19.2 Å². The molecule has 1 aromatic rings. The third-order valence-electron chi connectivity index (χ3n) is 2.23. The molecule has 0 atom stereocenters. The lowest BCUT2D eigenvalue weighted by Gasteiger charge is -2.07. The summed E-state index contributed by atoms with van der Waals surface area (Å²) in [7, 11) is 0. The molecule has 1 aromatic carbocycles. The number of nitrogens with zero attached hydrogens (tertiary/aromatic N) is 1. The van der Waals surface area contributed by atoms with Gasteiger partial charge in [-0.15, -0.1) is 0 Å². The molecule has 0 spiro atoms. The maximum atomic E-state index is 10.7. The molecule has 0 aliphatic rings. The Bertz CT molecular complexity index is 401. The van der Waals surface area contributed by atoms with Crippen LogP contribution in [0, 0.1) is 10.1 Å². The number of ether oxygens (including phenoxy) is 1. The van der Waals surface area contributed by atoms with Crippen LogP contribution in [0.4, 0.5) is 5.69 Å². The van der Waals surface area contributed by atoms with E-state index in [1.54, 1.807) is 6.07 Å². The van der Waals surface area contributed by atoms with Crippen LogP contribution in [0.3, 0.4) is 0 Å². The Labute approximate surface area is 113 Å². The first kappa shape index (κ1) is 15.0. The van der Waals surface area contributed by atoms with Crippen molar-refractivity contribution in [1.29, 1.82) is 0 Å². The largest absolute Gasteiger partial charge is 0.394 e. The van der Waals surface area contributed by atoms with Crippen LogP contribution < -0.4 is 5.32 Å². The van der Waals surface area contributed by atoms with Gasteiger partial charge >= 0.3 is 0 Å². The number of hydrogen-bond donors (Lipinski definition) is 2. The molecular weight excluding hydrogens is 304 g/mol. The zero-order chi connectivity index (χ0) is 13.4. The summed E-state index contributed by atoms with van der Waals surface area (Å²) in [6, 6.07) is 4.93. The molecule has 0 unspecified atom stereocenters. The lowest BCUT2D eigenvalue weighted by molar-refractivity contribution is -0.385. The number of nitro benzene ring substituents is 1. The summed E-state index contributed by atoms with van der Waals surface area (Å²) in [5.74, 6) is 0. The van der Waals surface area contributed by atoms with E-state index in [2.05, 4.69) is 21.2 Å². The standard InChI is InChI=1S/C11H15BrN2O4/c12-11-9(2-1-3-10(11)14(16)17)8-13-4-6-18-7-5-15/h1-3,13,15H,4-8H2. The molecule has 7 heteroatoms. The predicted octanol–water partition coefficient (Wildman–Crippen LogP) is 1.46. The van der Waals surface area contributed by atoms with E-state index in [9.17, 15) is 10.1 Å². The molecule has 0 radical (unpaired) electrons. The zero-order valence-electron chi connectivity index (χ0n) is 9.76. The third kappa shape index (κ3) is 4.69. The smallest absolute Gasteiger partial charge is 0.283 e. The van der Waals surface area contributed by atoms with Crippen molar-refractivity contribution in [2.45, 2.75) is 6.54 Å². The molecule has 0 saturated carbocycles.